The fourth-order valence-electron chi connectivity index (χ4n) is 2.96. The number of rotatable bonds is 4. The molecule has 1 atom stereocenters. The number of nitrogens with one attached hydrogen (secondary N) is 1. The normalized spacial score (nSPS) is 21.1. The predicted molar refractivity (Wildman–Crippen MR) is 94.2 cm³/mol. The number of hydrogen-bond donors (Lipinski definition) is 1. The Balaban J connectivity index is 2.00. The summed E-state index contributed by atoms with van der Waals surface area (Å²) in [5.74, 6) is 0.187. The first-order valence-corrected chi connectivity index (χ1v) is 7.99. The molecule has 122 valence electrons. The molecule has 1 unspecified atom stereocenters. The molecule has 4 heteroatoms. The summed E-state index contributed by atoms with van der Waals surface area (Å²) in [6.45, 7) is 8.68. The molecule has 2 rings (SSSR count). The van der Waals surface area contributed by atoms with Gasteiger partial charge in [0.2, 0.25) is 0 Å². The molecule has 1 aliphatic rings. The average Bonchev–Trinajstić information content (AvgIpc) is 2.52. The van der Waals surface area contributed by atoms with Crippen molar-refractivity contribution in [1.82, 2.24) is 10.4 Å². The number of nitrogens with zero attached hydrogens (tertiary/aromatic N) is 2. The summed E-state index contributed by atoms with van der Waals surface area (Å²) in [5, 5.41) is 4.15. The molecule has 0 aliphatic heterocycles. The summed E-state index contributed by atoms with van der Waals surface area (Å²) >= 11 is 0. The second-order valence-electron chi connectivity index (χ2n) is 6.74. The quantitative estimate of drug-likeness (QED) is 0.516. The lowest BCUT2D eigenvalue weighted by atomic mass is 9.68. The maximum atomic E-state index is 11.9. The SMILES string of the molecule is CC1=CCCC(C)(C)C1/C=C/C(C)=NNC(=O)c1ccncc1. The minimum atomic E-state index is -0.228. The van der Waals surface area contributed by atoms with Gasteiger partial charge in [-0.2, -0.15) is 5.10 Å². The van der Waals surface area contributed by atoms with Crippen molar-refractivity contribution in [3.05, 3.63) is 53.9 Å². The maximum absolute atomic E-state index is 11.9. The summed E-state index contributed by atoms with van der Waals surface area (Å²) in [6, 6.07) is 3.32. The third-order valence-corrected chi connectivity index (χ3v) is 4.39. The van der Waals surface area contributed by atoms with Gasteiger partial charge in [-0.15, -0.1) is 0 Å². The molecule has 1 aliphatic carbocycles. The molecule has 0 bridgehead atoms. The van der Waals surface area contributed by atoms with Gasteiger partial charge in [-0.3, -0.25) is 9.78 Å². The van der Waals surface area contributed by atoms with Crippen molar-refractivity contribution in [2.75, 3.05) is 0 Å². The monoisotopic (exact) mass is 311 g/mol. The van der Waals surface area contributed by atoms with Gasteiger partial charge in [-0.1, -0.05) is 31.6 Å². The van der Waals surface area contributed by atoms with E-state index >= 15 is 0 Å². The standard InChI is InChI=1S/C19H25N3O/c1-14-6-5-11-19(3,4)17(14)8-7-15(2)21-22-18(23)16-9-12-20-13-10-16/h6-10,12-13,17H,5,11H2,1-4H3,(H,22,23)/b8-7+,21-15?. The highest BCUT2D eigenvalue weighted by Crippen LogP contribution is 2.41. The fourth-order valence-corrected chi connectivity index (χ4v) is 2.96. The minimum Gasteiger partial charge on any atom is -0.267 e. The van der Waals surface area contributed by atoms with E-state index in [0.717, 1.165) is 12.1 Å². The highest BCUT2D eigenvalue weighted by molar-refractivity contribution is 5.97. The van der Waals surface area contributed by atoms with Crippen LogP contribution in [-0.4, -0.2) is 16.6 Å². The van der Waals surface area contributed by atoms with Crippen LogP contribution in [0.1, 0.15) is 50.9 Å². The van der Waals surface area contributed by atoms with Crippen LogP contribution in [0.25, 0.3) is 0 Å². The van der Waals surface area contributed by atoms with Crippen molar-refractivity contribution < 1.29 is 4.79 Å². The molecule has 0 saturated heterocycles. The second kappa shape index (κ2) is 7.36. The number of allylic oxidation sites excluding steroid dienone is 4. The summed E-state index contributed by atoms with van der Waals surface area (Å²) in [7, 11) is 0. The van der Waals surface area contributed by atoms with E-state index in [1.54, 1.807) is 24.5 Å². The summed E-state index contributed by atoms with van der Waals surface area (Å²) in [5.41, 5.74) is 5.57. The fraction of sp³-hybridized carbons (Fsp3) is 0.421. The van der Waals surface area contributed by atoms with Crippen molar-refractivity contribution in [3.8, 4) is 0 Å². The molecule has 0 aromatic carbocycles. The molecular weight excluding hydrogens is 286 g/mol. The summed E-state index contributed by atoms with van der Waals surface area (Å²) < 4.78 is 0. The number of aromatic nitrogens is 1. The van der Waals surface area contributed by atoms with Crippen LogP contribution >= 0.6 is 0 Å². The number of carbonyl (C=O) groups is 1. The van der Waals surface area contributed by atoms with Crippen LogP contribution in [0.5, 0.6) is 0 Å². The van der Waals surface area contributed by atoms with Crippen molar-refractivity contribution in [3.63, 3.8) is 0 Å². The second-order valence-corrected chi connectivity index (χ2v) is 6.74. The Morgan fingerprint density at radius 1 is 1.39 bits per heavy atom. The molecule has 1 N–H and O–H groups in total. The zero-order valence-corrected chi connectivity index (χ0v) is 14.3. The molecule has 0 fully saturated rings. The number of amides is 1. The van der Waals surface area contributed by atoms with Crippen molar-refractivity contribution in [2.24, 2.45) is 16.4 Å². The van der Waals surface area contributed by atoms with Gasteiger partial charge >= 0.3 is 0 Å². The van der Waals surface area contributed by atoms with Crippen molar-refractivity contribution in [1.29, 1.82) is 0 Å². The van der Waals surface area contributed by atoms with Gasteiger partial charge in [-0.25, -0.2) is 5.43 Å². The molecule has 0 saturated carbocycles. The molecule has 23 heavy (non-hydrogen) atoms. The van der Waals surface area contributed by atoms with Crippen LogP contribution in [0.2, 0.25) is 0 Å². The third-order valence-electron chi connectivity index (χ3n) is 4.39. The predicted octanol–water partition coefficient (Wildman–Crippen LogP) is 4.13. The van der Waals surface area contributed by atoms with Crippen LogP contribution in [0, 0.1) is 11.3 Å². The minimum absolute atomic E-state index is 0.228. The van der Waals surface area contributed by atoms with Gasteiger partial charge in [0.1, 0.15) is 0 Å². The first kappa shape index (κ1) is 17.1. The van der Waals surface area contributed by atoms with Gasteiger partial charge < -0.3 is 0 Å². The number of hydrogen-bond acceptors (Lipinski definition) is 3. The van der Waals surface area contributed by atoms with Gasteiger partial charge in [0.25, 0.3) is 5.91 Å². The lowest BCUT2D eigenvalue weighted by Gasteiger charge is -2.36. The molecule has 4 nitrogen and oxygen atoms in total. The highest BCUT2D eigenvalue weighted by Gasteiger charge is 2.30. The Morgan fingerprint density at radius 3 is 2.74 bits per heavy atom. The zero-order chi connectivity index (χ0) is 16.9. The van der Waals surface area contributed by atoms with E-state index in [9.17, 15) is 4.79 Å². The van der Waals surface area contributed by atoms with E-state index in [2.05, 4.69) is 48.4 Å². The van der Waals surface area contributed by atoms with Crippen LogP contribution < -0.4 is 5.43 Å². The van der Waals surface area contributed by atoms with Gasteiger partial charge in [0.15, 0.2) is 0 Å². The zero-order valence-electron chi connectivity index (χ0n) is 14.3. The topological polar surface area (TPSA) is 54.4 Å². The molecule has 1 amide bonds. The van der Waals surface area contributed by atoms with Crippen molar-refractivity contribution in [2.45, 2.75) is 40.5 Å². The Kier molecular flexibility index (Phi) is 5.48. The Morgan fingerprint density at radius 2 is 2.09 bits per heavy atom. The first-order valence-electron chi connectivity index (χ1n) is 7.99. The molecule has 1 aromatic rings. The van der Waals surface area contributed by atoms with Crippen LogP contribution in [0.4, 0.5) is 0 Å². The van der Waals surface area contributed by atoms with E-state index in [4.69, 9.17) is 0 Å². The summed E-state index contributed by atoms with van der Waals surface area (Å²) in [6.07, 6.45) is 12.0. The van der Waals surface area contributed by atoms with Gasteiger partial charge in [-0.05, 0) is 50.3 Å². The van der Waals surface area contributed by atoms with Gasteiger partial charge in [0, 0.05) is 23.9 Å². The first-order chi connectivity index (χ1) is 10.9. The Bertz CT molecular complexity index is 642. The smallest absolute Gasteiger partial charge is 0.267 e. The highest BCUT2D eigenvalue weighted by atomic mass is 16.2. The third kappa shape index (κ3) is 4.62. The lowest BCUT2D eigenvalue weighted by molar-refractivity contribution is 0.0954. The van der Waals surface area contributed by atoms with E-state index in [1.165, 1.54) is 12.0 Å². The average molecular weight is 311 g/mol. The summed E-state index contributed by atoms with van der Waals surface area (Å²) in [4.78, 5) is 15.8. The van der Waals surface area contributed by atoms with Crippen LogP contribution in [0.15, 0.2) is 53.4 Å². The largest absolute Gasteiger partial charge is 0.271 e. The number of hydrazone groups is 1. The number of carbonyl (C=O) groups excluding carboxylic acids is 1. The van der Waals surface area contributed by atoms with Crippen LogP contribution in [0.3, 0.4) is 0 Å². The van der Waals surface area contributed by atoms with E-state index < -0.39 is 0 Å². The van der Waals surface area contributed by atoms with E-state index in [0.29, 0.717) is 11.5 Å². The Hall–Kier alpha value is -2.23. The van der Waals surface area contributed by atoms with Gasteiger partial charge in [0.05, 0.1) is 5.71 Å². The van der Waals surface area contributed by atoms with E-state index in [1.807, 2.05) is 13.0 Å². The Labute approximate surface area is 138 Å². The van der Waals surface area contributed by atoms with Crippen molar-refractivity contribution >= 4 is 11.6 Å². The molecule has 0 radical (unpaired) electrons. The molecular formula is C19H25N3O. The molecule has 0 spiro atoms. The number of pyridine rings is 1. The van der Waals surface area contributed by atoms with Crippen LogP contribution in [-0.2, 0) is 0 Å². The van der Waals surface area contributed by atoms with E-state index in [-0.39, 0.29) is 11.3 Å². The maximum Gasteiger partial charge on any atom is 0.271 e. The lowest BCUT2D eigenvalue weighted by Crippen LogP contribution is -2.26. The molecule has 1 aromatic heterocycles. The molecule has 1 heterocycles.